The van der Waals surface area contributed by atoms with Gasteiger partial charge in [0.1, 0.15) is 12.4 Å². The number of ether oxygens (including phenoxy) is 1. The zero-order chi connectivity index (χ0) is 19.9. The number of anilines is 2. The van der Waals surface area contributed by atoms with Crippen LogP contribution in [0.5, 0.6) is 5.75 Å². The summed E-state index contributed by atoms with van der Waals surface area (Å²) in [6.45, 7) is 5.87. The van der Waals surface area contributed by atoms with Crippen molar-refractivity contribution in [2.24, 2.45) is 5.73 Å². The van der Waals surface area contributed by atoms with Gasteiger partial charge in [-0.1, -0.05) is 12.7 Å². The van der Waals surface area contributed by atoms with Crippen LogP contribution in [0.3, 0.4) is 0 Å². The minimum atomic E-state index is -0.524. The Labute approximate surface area is 165 Å². The van der Waals surface area contributed by atoms with Crippen molar-refractivity contribution in [3.63, 3.8) is 0 Å². The Balaban J connectivity index is 1.82. The number of nitrogens with one attached hydrogen (secondary N) is 1. The molecule has 1 fully saturated rings. The minimum Gasteiger partial charge on any atom is -0.490 e. The maximum atomic E-state index is 12.8. The van der Waals surface area contributed by atoms with Crippen LogP contribution < -0.4 is 20.7 Å². The van der Waals surface area contributed by atoms with Crippen LogP contribution in [-0.2, 0) is 0 Å². The normalized spacial score (nSPS) is 13.6. The van der Waals surface area contributed by atoms with Gasteiger partial charge in [-0.05, 0) is 61.7 Å². The molecule has 1 aliphatic rings. The summed E-state index contributed by atoms with van der Waals surface area (Å²) < 4.78 is 5.44. The molecule has 1 saturated heterocycles. The van der Waals surface area contributed by atoms with Crippen LogP contribution in [-0.4, -0.2) is 31.5 Å². The summed E-state index contributed by atoms with van der Waals surface area (Å²) in [5.74, 6) is -0.110. The Morgan fingerprint density at radius 3 is 2.39 bits per heavy atom. The van der Waals surface area contributed by atoms with Gasteiger partial charge in [0.05, 0.1) is 11.4 Å². The monoisotopic (exact) mass is 379 g/mol. The highest BCUT2D eigenvalue weighted by molar-refractivity contribution is 6.07. The molecule has 3 rings (SSSR count). The van der Waals surface area contributed by atoms with Gasteiger partial charge in [0.15, 0.2) is 0 Å². The van der Waals surface area contributed by atoms with Crippen LogP contribution >= 0.6 is 0 Å². The number of carbonyl (C=O) groups is 2. The number of benzene rings is 2. The van der Waals surface area contributed by atoms with E-state index in [2.05, 4.69) is 16.8 Å². The standard InChI is InChI=1S/C22H25N3O3/c1-2-14-28-18-9-6-16(7-10-18)22(27)24-19-15-17(21(23)26)8-11-20(19)25-12-4-3-5-13-25/h2,6-11,15H,1,3-5,12-14H2,(H2,23,26)(H,24,27). The molecule has 0 atom stereocenters. The molecule has 1 aliphatic heterocycles. The second-order valence-corrected chi connectivity index (χ2v) is 6.72. The Kier molecular flexibility index (Phi) is 6.32. The number of nitrogens with two attached hydrogens (primary N) is 1. The fourth-order valence-electron chi connectivity index (χ4n) is 3.25. The maximum Gasteiger partial charge on any atom is 0.255 e. The van der Waals surface area contributed by atoms with Crippen LogP contribution in [0, 0.1) is 0 Å². The maximum absolute atomic E-state index is 12.8. The molecule has 0 bridgehead atoms. The summed E-state index contributed by atoms with van der Waals surface area (Å²) in [4.78, 5) is 26.6. The zero-order valence-electron chi connectivity index (χ0n) is 15.8. The molecule has 2 aromatic carbocycles. The number of piperidine rings is 1. The van der Waals surface area contributed by atoms with Gasteiger partial charge >= 0.3 is 0 Å². The molecule has 0 spiro atoms. The summed E-state index contributed by atoms with van der Waals surface area (Å²) in [5.41, 5.74) is 7.79. The highest BCUT2D eigenvalue weighted by Gasteiger charge is 2.18. The second-order valence-electron chi connectivity index (χ2n) is 6.72. The summed E-state index contributed by atoms with van der Waals surface area (Å²) in [7, 11) is 0. The number of nitrogens with zero attached hydrogens (tertiary/aromatic N) is 1. The molecule has 0 aromatic heterocycles. The molecule has 28 heavy (non-hydrogen) atoms. The predicted molar refractivity (Wildman–Crippen MR) is 111 cm³/mol. The third-order valence-corrected chi connectivity index (χ3v) is 4.71. The van der Waals surface area contributed by atoms with E-state index in [1.807, 2.05) is 6.07 Å². The molecule has 2 amide bonds. The van der Waals surface area contributed by atoms with Gasteiger partial charge in [-0.2, -0.15) is 0 Å². The second kappa shape index (κ2) is 9.08. The summed E-state index contributed by atoms with van der Waals surface area (Å²) in [5, 5.41) is 2.94. The van der Waals surface area contributed by atoms with E-state index in [-0.39, 0.29) is 5.91 Å². The van der Waals surface area contributed by atoms with Crippen molar-refractivity contribution in [2.75, 3.05) is 29.9 Å². The van der Waals surface area contributed by atoms with Crippen LogP contribution in [0.4, 0.5) is 11.4 Å². The zero-order valence-corrected chi connectivity index (χ0v) is 15.8. The third kappa shape index (κ3) is 4.71. The Morgan fingerprint density at radius 1 is 1.07 bits per heavy atom. The van der Waals surface area contributed by atoms with E-state index in [1.54, 1.807) is 42.5 Å². The van der Waals surface area contributed by atoms with Crippen LogP contribution in [0.25, 0.3) is 0 Å². The van der Waals surface area contributed by atoms with Gasteiger partial charge in [0.2, 0.25) is 5.91 Å². The first-order chi connectivity index (χ1) is 13.6. The Morgan fingerprint density at radius 2 is 1.75 bits per heavy atom. The molecule has 1 heterocycles. The lowest BCUT2D eigenvalue weighted by Gasteiger charge is -2.30. The van der Waals surface area contributed by atoms with E-state index in [4.69, 9.17) is 10.5 Å². The van der Waals surface area contributed by atoms with E-state index < -0.39 is 5.91 Å². The molecule has 0 radical (unpaired) electrons. The van der Waals surface area contributed by atoms with E-state index >= 15 is 0 Å². The van der Waals surface area contributed by atoms with Crippen molar-refractivity contribution < 1.29 is 14.3 Å². The number of hydrogen-bond acceptors (Lipinski definition) is 4. The predicted octanol–water partition coefficient (Wildman–Crippen LogP) is 3.59. The smallest absolute Gasteiger partial charge is 0.255 e. The molecular formula is C22H25N3O3. The lowest BCUT2D eigenvalue weighted by Crippen LogP contribution is -2.30. The molecule has 0 saturated carbocycles. The number of amides is 2. The quantitative estimate of drug-likeness (QED) is 0.720. The highest BCUT2D eigenvalue weighted by Crippen LogP contribution is 2.30. The van der Waals surface area contributed by atoms with E-state index in [1.165, 1.54) is 6.42 Å². The molecule has 0 aliphatic carbocycles. The highest BCUT2D eigenvalue weighted by atomic mass is 16.5. The lowest BCUT2D eigenvalue weighted by atomic mass is 10.1. The fraction of sp³-hybridized carbons (Fsp3) is 0.273. The van der Waals surface area contributed by atoms with E-state index in [0.717, 1.165) is 31.6 Å². The molecule has 146 valence electrons. The number of hydrogen-bond donors (Lipinski definition) is 2. The molecule has 6 heteroatoms. The fourth-order valence-corrected chi connectivity index (χ4v) is 3.25. The molecule has 0 unspecified atom stereocenters. The van der Waals surface area contributed by atoms with Crippen molar-refractivity contribution in [2.45, 2.75) is 19.3 Å². The molecule has 6 nitrogen and oxygen atoms in total. The van der Waals surface area contributed by atoms with E-state index in [9.17, 15) is 9.59 Å². The van der Waals surface area contributed by atoms with E-state index in [0.29, 0.717) is 29.2 Å². The first-order valence-electron chi connectivity index (χ1n) is 9.42. The van der Waals surface area contributed by atoms with Crippen LogP contribution in [0.15, 0.2) is 55.1 Å². The summed E-state index contributed by atoms with van der Waals surface area (Å²) >= 11 is 0. The van der Waals surface area contributed by atoms with Crippen molar-refractivity contribution in [1.29, 1.82) is 0 Å². The largest absolute Gasteiger partial charge is 0.490 e. The Bertz CT molecular complexity index is 856. The van der Waals surface area contributed by atoms with Gasteiger partial charge in [0.25, 0.3) is 5.91 Å². The summed E-state index contributed by atoms with van der Waals surface area (Å²) in [6, 6.07) is 12.1. The lowest BCUT2D eigenvalue weighted by molar-refractivity contribution is 0.0996. The third-order valence-electron chi connectivity index (χ3n) is 4.71. The molecule has 2 aromatic rings. The van der Waals surface area contributed by atoms with Crippen molar-refractivity contribution >= 4 is 23.2 Å². The van der Waals surface area contributed by atoms with Crippen LogP contribution in [0.1, 0.15) is 40.0 Å². The van der Waals surface area contributed by atoms with Gasteiger partial charge in [0, 0.05) is 24.2 Å². The van der Waals surface area contributed by atoms with Crippen molar-refractivity contribution in [3.8, 4) is 5.75 Å². The first-order valence-corrected chi connectivity index (χ1v) is 9.42. The average Bonchev–Trinajstić information content (AvgIpc) is 2.73. The SMILES string of the molecule is C=CCOc1ccc(C(=O)Nc2cc(C(N)=O)ccc2N2CCCCC2)cc1. The molecule has 3 N–H and O–H groups in total. The molecular weight excluding hydrogens is 354 g/mol. The van der Waals surface area contributed by atoms with Gasteiger partial charge < -0.3 is 20.7 Å². The topological polar surface area (TPSA) is 84.7 Å². The number of rotatable bonds is 7. The van der Waals surface area contributed by atoms with Gasteiger partial charge in [-0.3, -0.25) is 9.59 Å². The Hall–Kier alpha value is -3.28. The minimum absolute atomic E-state index is 0.254. The number of primary amides is 1. The average molecular weight is 379 g/mol. The van der Waals surface area contributed by atoms with Gasteiger partial charge in [-0.25, -0.2) is 0 Å². The van der Waals surface area contributed by atoms with Crippen molar-refractivity contribution in [3.05, 3.63) is 66.2 Å². The number of carbonyl (C=O) groups excluding carboxylic acids is 2. The van der Waals surface area contributed by atoms with Crippen LogP contribution in [0.2, 0.25) is 0 Å². The van der Waals surface area contributed by atoms with Crippen molar-refractivity contribution in [1.82, 2.24) is 0 Å². The summed E-state index contributed by atoms with van der Waals surface area (Å²) in [6.07, 6.45) is 5.08. The van der Waals surface area contributed by atoms with Gasteiger partial charge in [-0.15, -0.1) is 0 Å². The first kappa shape index (κ1) is 19.5.